The number of hydrogen-bond donors (Lipinski definition) is 1. The molecule has 2 rings (SSSR count). The van der Waals surface area contributed by atoms with E-state index in [1.807, 2.05) is 4.90 Å². The van der Waals surface area contributed by atoms with E-state index in [0.29, 0.717) is 19.1 Å². The largest absolute Gasteiger partial charge is 0.464 e. The first-order valence-corrected chi connectivity index (χ1v) is 6.39. The molecule has 6 heteroatoms. The van der Waals surface area contributed by atoms with Gasteiger partial charge in [-0.25, -0.2) is 0 Å². The van der Waals surface area contributed by atoms with E-state index in [4.69, 9.17) is 9.47 Å². The Hall–Kier alpha value is -1.14. The van der Waals surface area contributed by atoms with E-state index in [0.717, 1.165) is 26.1 Å². The molecule has 102 valence electrons. The quantitative estimate of drug-likeness (QED) is 0.662. The van der Waals surface area contributed by atoms with Gasteiger partial charge in [-0.2, -0.15) is 0 Å². The van der Waals surface area contributed by atoms with Crippen LogP contribution in [0, 0.1) is 5.92 Å². The number of carbonyl (C=O) groups excluding carboxylic acids is 2. The second kappa shape index (κ2) is 6.15. The molecule has 6 nitrogen and oxygen atoms in total. The summed E-state index contributed by atoms with van der Waals surface area (Å²) in [5.74, 6) is 0.0219. The number of ether oxygens (including phenoxy) is 2. The van der Waals surface area contributed by atoms with Crippen LogP contribution in [-0.2, 0) is 19.1 Å². The normalized spacial score (nSPS) is 24.6. The Morgan fingerprint density at radius 1 is 1.39 bits per heavy atom. The lowest BCUT2D eigenvalue weighted by atomic mass is 10.1. The highest BCUT2D eigenvalue weighted by atomic mass is 16.5. The second-order valence-electron chi connectivity index (χ2n) is 4.96. The Morgan fingerprint density at radius 2 is 2.17 bits per heavy atom. The summed E-state index contributed by atoms with van der Waals surface area (Å²) >= 11 is 0. The van der Waals surface area contributed by atoms with E-state index in [-0.39, 0.29) is 24.6 Å². The van der Waals surface area contributed by atoms with Crippen molar-refractivity contribution in [2.24, 2.45) is 5.92 Å². The highest BCUT2D eigenvalue weighted by molar-refractivity contribution is 5.71. The van der Waals surface area contributed by atoms with Crippen LogP contribution in [0.2, 0.25) is 0 Å². The Bertz CT molecular complexity index is 317. The van der Waals surface area contributed by atoms with Crippen LogP contribution in [0.1, 0.15) is 13.3 Å². The molecule has 0 spiro atoms. The monoisotopic (exact) mass is 256 g/mol. The van der Waals surface area contributed by atoms with Crippen LogP contribution in [-0.4, -0.2) is 62.3 Å². The van der Waals surface area contributed by atoms with Crippen LogP contribution in [0.4, 0.5) is 0 Å². The summed E-state index contributed by atoms with van der Waals surface area (Å²) in [5, 5.41) is 3.13. The Balaban J connectivity index is 1.60. The SMILES string of the molecule is CC(=O)OC1CCN(CC(=O)OCC2CNC2)C1. The molecule has 1 atom stereocenters. The molecule has 0 aromatic carbocycles. The number of rotatable bonds is 5. The zero-order chi connectivity index (χ0) is 13.0. The van der Waals surface area contributed by atoms with E-state index in [2.05, 4.69) is 5.32 Å². The lowest BCUT2D eigenvalue weighted by molar-refractivity contribution is -0.147. The predicted molar refractivity (Wildman–Crippen MR) is 63.9 cm³/mol. The summed E-state index contributed by atoms with van der Waals surface area (Å²) in [6.45, 7) is 5.48. The van der Waals surface area contributed by atoms with E-state index in [9.17, 15) is 9.59 Å². The predicted octanol–water partition coefficient (Wildman–Crippen LogP) is -0.614. The van der Waals surface area contributed by atoms with Gasteiger partial charge in [0.05, 0.1) is 13.2 Å². The minimum atomic E-state index is -0.262. The molecule has 0 amide bonds. The molecule has 0 aromatic rings. The number of esters is 2. The number of likely N-dealkylation sites (tertiary alicyclic amines) is 1. The zero-order valence-corrected chi connectivity index (χ0v) is 10.7. The van der Waals surface area contributed by atoms with E-state index < -0.39 is 0 Å². The molecule has 2 fully saturated rings. The van der Waals surface area contributed by atoms with Gasteiger partial charge in [0, 0.05) is 39.0 Å². The van der Waals surface area contributed by atoms with Crippen LogP contribution in [0.25, 0.3) is 0 Å². The van der Waals surface area contributed by atoms with Crippen molar-refractivity contribution < 1.29 is 19.1 Å². The first-order chi connectivity index (χ1) is 8.63. The Kier molecular flexibility index (Phi) is 4.54. The summed E-state index contributed by atoms with van der Waals surface area (Å²) in [7, 11) is 0. The number of hydrogen-bond acceptors (Lipinski definition) is 6. The van der Waals surface area contributed by atoms with Gasteiger partial charge < -0.3 is 14.8 Å². The molecular weight excluding hydrogens is 236 g/mol. The third-order valence-corrected chi connectivity index (χ3v) is 3.26. The highest BCUT2D eigenvalue weighted by Gasteiger charge is 2.27. The smallest absolute Gasteiger partial charge is 0.320 e. The van der Waals surface area contributed by atoms with Gasteiger partial charge >= 0.3 is 11.9 Å². The number of nitrogens with zero attached hydrogens (tertiary/aromatic N) is 1. The maximum absolute atomic E-state index is 11.6. The molecule has 0 aliphatic carbocycles. The van der Waals surface area contributed by atoms with Crippen molar-refractivity contribution in [3.05, 3.63) is 0 Å². The molecule has 0 bridgehead atoms. The van der Waals surface area contributed by atoms with Crippen molar-refractivity contribution in [1.29, 1.82) is 0 Å². The van der Waals surface area contributed by atoms with Crippen molar-refractivity contribution >= 4 is 11.9 Å². The summed E-state index contributed by atoms with van der Waals surface area (Å²) in [5.41, 5.74) is 0. The molecular formula is C12H20N2O4. The average Bonchev–Trinajstić information content (AvgIpc) is 2.62. The molecule has 18 heavy (non-hydrogen) atoms. The standard InChI is InChI=1S/C12H20N2O4/c1-9(15)18-11-2-3-14(6-11)7-12(16)17-8-10-4-13-5-10/h10-11,13H,2-8H2,1H3. The van der Waals surface area contributed by atoms with Crippen molar-refractivity contribution in [2.75, 3.05) is 39.3 Å². The molecule has 2 aliphatic heterocycles. The van der Waals surface area contributed by atoms with Gasteiger partial charge in [-0.15, -0.1) is 0 Å². The van der Waals surface area contributed by atoms with Gasteiger partial charge in [0.2, 0.25) is 0 Å². The Labute approximate surface area is 107 Å². The van der Waals surface area contributed by atoms with Gasteiger partial charge in [-0.1, -0.05) is 0 Å². The fourth-order valence-corrected chi connectivity index (χ4v) is 2.18. The summed E-state index contributed by atoms with van der Waals surface area (Å²) < 4.78 is 10.3. The van der Waals surface area contributed by atoms with E-state index in [1.165, 1.54) is 6.92 Å². The maximum atomic E-state index is 11.6. The van der Waals surface area contributed by atoms with Gasteiger partial charge in [-0.05, 0) is 6.42 Å². The van der Waals surface area contributed by atoms with Crippen molar-refractivity contribution in [2.45, 2.75) is 19.4 Å². The molecule has 0 radical (unpaired) electrons. The molecule has 2 saturated heterocycles. The van der Waals surface area contributed by atoms with Crippen LogP contribution in [0.3, 0.4) is 0 Å². The van der Waals surface area contributed by atoms with Gasteiger partial charge in [-0.3, -0.25) is 14.5 Å². The third kappa shape index (κ3) is 3.96. The number of nitrogens with one attached hydrogen (secondary N) is 1. The summed E-state index contributed by atoms with van der Waals surface area (Å²) in [4.78, 5) is 24.4. The van der Waals surface area contributed by atoms with Crippen molar-refractivity contribution in [3.8, 4) is 0 Å². The van der Waals surface area contributed by atoms with Gasteiger partial charge in [0.1, 0.15) is 6.10 Å². The second-order valence-corrected chi connectivity index (χ2v) is 4.96. The topological polar surface area (TPSA) is 67.9 Å². The van der Waals surface area contributed by atoms with Crippen LogP contribution in [0.15, 0.2) is 0 Å². The van der Waals surface area contributed by atoms with Crippen LogP contribution in [0.5, 0.6) is 0 Å². The molecule has 2 aliphatic rings. The van der Waals surface area contributed by atoms with Crippen molar-refractivity contribution in [1.82, 2.24) is 10.2 Å². The van der Waals surface area contributed by atoms with Gasteiger partial charge in [0.25, 0.3) is 0 Å². The van der Waals surface area contributed by atoms with Crippen LogP contribution >= 0.6 is 0 Å². The lowest BCUT2D eigenvalue weighted by Crippen LogP contribution is -2.45. The first-order valence-electron chi connectivity index (χ1n) is 6.39. The maximum Gasteiger partial charge on any atom is 0.320 e. The van der Waals surface area contributed by atoms with E-state index >= 15 is 0 Å². The number of carbonyl (C=O) groups is 2. The third-order valence-electron chi connectivity index (χ3n) is 3.26. The minimum Gasteiger partial charge on any atom is -0.464 e. The highest BCUT2D eigenvalue weighted by Crippen LogP contribution is 2.12. The molecule has 2 heterocycles. The summed E-state index contributed by atoms with van der Waals surface area (Å²) in [6.07, 6.45) is 0.713. The zero-order valence-electron chi connectivity index (χ0n) is 10.7. The minimum absolute atomic E-state index is 0.0777. The lowest BCUT2D eigenvalue weighted by Gasteiger charge is -2.26. The van der Waals surface area contributed by atoms with E-state index in [1.54, 1.807) is 0 Å². The van der Waals surface area contributed by atoms with Gasteiger partial charge in [0.15, 0.2) is 0 Å². The summed E-state index contributed by atoms with van der Waals surface area (Å²) in [6, 6.07) is 0. The Morgan fingerprint density at radius 3 is 2.78 bits per heavy atom. The molecule has 0 aromatic heterocycles. The van der Waals surface area contributed by atoms with Crippen molar-refractivity contribution in [3.63, 3.8) is 0 Å². The molecule has 0 saturated carbocycles. The molecule has 1 unspecified atom stereocenters. The fraction of sp³-hybridized carbons (Fsp3) is 0.833. The van der Waals surface area contributed by atoms with Crippen LogP contribution < -0.4 is 5.32 Å². The first kappa shape index (κ1) is 13.3. The average molecular weight is 256 g/mol. The fourth-order valence-electron chi connectivity index (χ4n) is 2.18. The molecule has 1 N–H and O–H groups in total.